The van der Waals surface area contributed by atoms with Crippen molar-refractivity contribution >= 4 is 23.2 Å². The number of hydrogen-bond donors (Lipinski definition) is 2. The zero-order valence-electron chi connectivity index (χ0n) is 11.1. The molecule has 6 heteroatoms. The quantitative estimate of drug-likeness (QED) is 0.897. The predicted octanol–water partition coefficient (Wildman–Crippen LogP) is 3.32. The van der Waals surface area contributed by atoms with Crippen molar-refractivity contribution in [2.24, 2.45) is 11.1 Å². The fraction of sp³-hybridized carbons (Fsp3) is 0.462. The lowest BCUT2D eigenvalue weighted by atomic mass is 9.85. The number of nitrogens with two attached hydrogens (primary N) is 1. The molecule has 1 rings (SSSR count). The summed E-state index contributed by atoms with van der Waals surface area (Å²) in [5.74, 6) is -2.18. The molecule has 0 spiro atoms. The molecule has 0 aliphatic carbocycles. The second-order valence-corrected chi connectivity index (χ2v) is 5.88. The van der Waals surface area contributed by atoms with Gasteiger partial charge in [0, 0.05) is 18.5 Å². The van der Waals surface area contributed by atoms with Gasteiger partial charge in [0.25, 0.3) is 0 Å². The molecule has 0 heterocycles. The number of nitrogens with one attached hydrogen (secondary N) is 1. The summed E-state index contributed by atoms with van der Waals surface area (Å²) in [4.78, 5) is 11.7. The molecular formula is C13H17ClF2N2O. The summed E-state index contributed by atoms with van der Waals surface area (Å²) < 4.78 is 26.3. The number of amides is 1. The monoisotopic (exact) mass is 290 g/mol. The van der Waals surface area contributed by atoms with Crippen LogP contribution in [0, 0.1) is 17.0 Å². The Bertz CT molecular complexity index is 463. The lowest BCUT2D eigenvalue weighted by Gasteiger charge is -2.26. The van der Waals surface area contributed by atoms with E-state index in [9.17, 15) is 13.6 Å². The molecule has 19 heavy (non-hydrogen) atoms. The van der Waals surface area contributed by atoms with E-state index in [1.165, 1.54) is 0 Å². The maximum Gasteiger partial charge on any atom is 0.226 e. The van der Waals surface area contributed by atoms with Crippen LogP contribution in [0.1, 0.15) is 27.2 Å². The fourth-order valence-corrected chi connectivity index (χ4v) is 1.60. The van der Waals surface area contributed by atoms with Crippen molar-refractivity contribution in [3.63, 3.8) is 0 Å². The van der Waals surface area contributed by atoms with Gasteiger partial charge in [-0.1, -0.05) is 32.4 Å². The third-order valence-electron chi connectivity index (χ3n) is 2.79. The zero-order chi connectivity index (χ0) is 14.8. The van der Waals surface area contributed by atoms with Gasteiger partial charge in [-0.3, -0.25) is 4.79 Å². The molecule has 1 atom stereocenters. The van der Waals surface area contributed by atoms with Crippen LogP contribution in [0.15, 0.2) is 12.1 Å². The minimum absolute atomic E-state index is 0.0244. The molecule has 0 aliphatic rings. The van der Waals surface area contributed by atoms with Crippen LogP contribution < -0.4 is 11.1 Å². The van der Waals surface area contributed by atoms with Crippen molar-refractivity contribution in [3.05, 3.63) is 28.8 Å². The molecule has 0 bridgehead atoms. The van der Waals surface area contributed by atoms with E-state index in [0.717, 1.165) is 6.07 Å². The summed E-state index contributed by atoms with van der Waals surface area (Å²) in [7, 11) is 0. The maximum absolute atomic E-state index is 13.5. The molecule has 0 radical (unpaired) electrons. The maximum atomic E-state index is 13.5. The first-order valence-corrected chi connectivity index (χ1v) is 6.19. The average Bonchev–Trinajstić information content (AvgIpc) is 2.21. The van der Waals surface area contributed by atoms with E-state index in [1.807, 2.05) is 20.8 Å². The Morgan fingerprint density at radius 1 is 1.42 bits per heavy atom. The van der Waals surface area contributed by atoms with Crippen molar-refractivity contribution in [1.82, 2.24) is 0 Å². The number of anilines is 1. The van der Waals surface area contributed by atoms with E-state index in [2.05, 4.69) is 5.32 Å². The summed E-state index contributed by atoms with van der Waals surface area (Å²) in [6.07, 6.45) is 0.0244. The van der Waals surface area contributed by atoms with Crippen LogP contribution in [0.3, 0.4) is 0 Å². The number of halogens is 3. The van der Waals surface area contributed by atoms with E-state index in [-0.39, 0.29) is 28.6 Å². The smallest absolute Gasteiger partial charge is 0.226 e. The summed E-state index contributed by atoms with van der Waals surface area (Å²) in [5, 5.41) is 2.13. The Hall–Kier alpha value is -1.20. The van der Waals surface area contributed by atoms with Crippen molar-refractivity contribution in [2.75, 3.05) is 5.32 Å². The molecule has 106 valence electrons. The van der Waals surface area contributed by atoms with E-state index >= 15 is 0 Å². The average molecular weight is 291 g/mol. The Balaban J connectivity index is 2.79. The number of hydrogen-bond acceptors (Lipinski definition) is 2. The van der Waals surface area contributed by atoms with Crippen LogP contribution in [0.4, 0.5) is 14.5 Å². The van der Waals surface area contributed by atoms with Gasteiger partial charge in [-0.25, -0.2) is 8.78 Å². The third kappa shape index (κ3) is 4.44. The Morgan fingerprint density at radius 2 is 2.00 bits per heavy atom. The molecule has 1 aromatic carbocycles. The summed E-state index contributed by atoms with van der Waals surface area (Å²) in [5.41, 5.74) is 5.38. The van der Waals surface area contributed by atoms with Gasteiger partial charge in [-0.15, -0.1) is 0 Å². The number of rotatable bonds is 3. The van der Waals surface area contributed by atoms with Crippen LogP contribution in [0.2, 0.25) is 5.02 Å². The van der Waals surface area contributed by atoms with Gasteiger partial charge >= 0.3 is 0 Å². The van der Waals surface area contributed by atoms with Crippen LogP contribution in [-0.4, -0.2) is 11.9 Å². The number of carbonyl (C=O) groups excluding carboxylic acids is 1. The van der Waals surface area contributed by atoms with Gasteiger partial charge in [-0.2, -0.15) is 0 Å². The summed E-state index contributed by atoms with van der Waals surface area (Å²) >= 11 is 5.68. The second kappa shape index (κ2) is 5.84. The van der Waals surface area contributed by atoms with Crippen molar-refractivity contribution < 1.29 is 13.6 Å². The van der Waals surface area contributed by atoms with Gasteiger partial charge in [0.2, 0.25) is 5.91 Å². The van der Waals surface area contributed by atoms with Crippen LogP contribution in [0.5, 0.6) is 0 Å². The van der Waals surface area contributed by atoms with Crippen molar-refractivity contribution in [3.8, 4) is 0 Å². The third-order valence-corrected chi connectivity index (χ3v) is 3.09. The largest absolute Gasteiger partial charge is 0.327 e. The molecule has 3 N–H and O–H groups in total. The lowest BCUT2D eigenvalue weighted by Crippen LogP contribution is -2.38. The normalized spacial score (nSPS) is 13.2. The fourth-order valence-electron chi connectivity index (χ4n) is 1.36. The minimum Gasteiger partial charge on any atom is -0.327 e. The van der Waals surface area contributed by atoms with Gasteiger partial charge in [-0.05, 0) is 11.5 Å². The first kappa shape index (κ1) is 15.9. The van der Waals surface area contributed by atoms with E-state index < -0.39 is 17.5 Å². The topological polar surface area (TPSA) is 55.1 Å². The molecule has 0 aromatic heterocycles. The molecule has 0 fully saturated rings. The molecule has 1 unspecified atom stereocenters. The zero-order valence-corrected chi connectivity index (χ0v) is 11.8. The summed E-state index contributed by atoms with van der Waals surface area (Å²) in [6.45, 7) is 5.70. The first-order chi connectivity index (χ1) is 8.61. The number of carbonyl (C=O) groups is 1. The van der Waals surface area contributed by atoms with E-state index in [0.29, 0.717) is 6.07 Å². The molecule has 1 aromatic rings. The van der Waals surface area contributed by atoms with Crippen LogP contribution >= 0.6 is 11.6 Å². The molecule has 1 amide bonds. The van der Waals surface area contributed by atoms with Crippen LogP contribution in [0.25, 0.3) is 0 Å². The lowest BCUT2D eigenvalue weighted by molar-refractivity contribution is -0.117. The Labute approximate surface area is 116 Å². The highest BCUT2D eigenvalue weighted by Gasteiger charge is 2.24. The molecular weight excluding hydrogens is 274 g/mol. The standard InChI is InChI=1S/C13H17ClF2N2O/c1-13(2,3)10(17)6-11(19)18-12-8(14)4-7(15)5-9(12)16/h4-5,10H,6,17H2,1-3H3,(H,18,19). The predicted molar refractivity (Wildman–Crippen MR) is 72.0 cm³/mol. The SMILES string of the molecule is CC(C)(C)C(N)CC(=O)Nc1c(F)cc(F)cc1Cl. The number of benzene rings is 1. The van der Waals surface area contributed by atoms with Crippen molar-refractivity contribution in [2.45, 2.75) is 33.2 Å². The van der Waals surface area contributed by atoms with E-state index in [1.54, 1.807) is 0 Å². The van der Waals surface area contributed by atoms with Gasteiger partial charge < -0.3 is 11.1 Å². The van der Waals surface area contributed by atoms with Crippen molar-refractivity contribution in [1.29, 1.82) is 0 Å². The highest BCUT2D eigenvalue weighted by Crippen LogP contribution is 2.27. The molecule has 0 aliphatic heterocycles. The van der Waals surface area contributed by atoms with Gasteiger partial charge in [0.1, 0.15) is 5.82 Å². The van der Waals surface area contributed by atoms with Gasteiger partial charge in [0.15, 0.2) is 5.82 Å². The van der Waals surface area contributed by atoms with Crippen LogP contribution in [-0.2, 0) is 4.79 Å². The first-order valence-electron chi connectivity index (χ1n) is 5.81. The highest BCUT2D eigenvalue weighted by molar-refractivity contribution is 6.33. The van der Waals surface area contributed by atoms with E-state index in [4.69, 9.17) is 17.3 Å². The minimum atomic E-state index is -0.914. The summed E-state index contributed by atoms with van der Waals surface area (Å²) in [6, 6.07) is 1.21. The molecule has 0 saturated heterocycles. The van der Waals surface area contributed by atoms with Gasteiger partial charge in [0.05, 0.1) is 10.7 Å². The molecule has 3 nitrogen and oxygen atoms in total. The Morgan fingerprint density at radius 3 is 2.47 bits per heavy atom. The molecule has 0 saturated carbocycles. The second-order valence-electron chi connectivity index (χ2n) is 5.47. The Kier molecular flexibility index (Phi) is 4.87. The highest BCUT2D eigenvalue weighted by atomic mass is 35.5.